The first kappa shape index (κ1) is 20.5. The highest BCUT2D eigenvalue weighted by Crippen LogP contribution is 2.16. The number of benzene rings is 1. The molecule has 2 aromatic rings. The molecule has 0 fully saturated rings. The molecule has 0 saturated heterocycles. The number of hydrogen-bond donors (Lipinski definition) is 2. The molecule has 0 radical (unpaired) electrons. The van der Waals surface area contributed by atoms with Crippen molar-refractivity contribution >= 4 is 39.3 Å². The van der Waals surface area contributed by atoms with Crippen molar-refractivity contribution in [3.8, 4) is 5.75 Å². The number of nitrogens with zero attached hydrogens (tertiary/aromatic N) is 1. The smallest absolute Gasteiger partial charge is 0.287 e. The number of anilines is 1. The van der Waals surface area contributed by atoms with Crippen LogP contribution in [0.3, 0.4) is 0 Å². The molecule has 2 N–H and O–H groups in total. The number of likely N-dealkylation sites (N-methyl/N-ethyl adjacent to an activating group) is 1. The zero-order valence-corrected chi connectivity index (χ0v) is 16.5. The van der Waals surface area contributed by atoms with Gasteiger partial charge in [-0.05, 0) is 47.1 Å². The van der Waals surface area contributed by atoms with E-state index >= 15 is 0 Å². The van der Waals surface area contributed by atoms with Gasteiger partial charge in [-0.1, -0.05) is 6.07 Å². The molecule has 1 aromatic carbocycles. The first-order valence-electron chi connectivity index (χ1n) is 8.18. The number of methoxy groups -OCH3 is 1. The molecule has 3 amide bonds. The zero-order valence-electron chi connectivity index (χ0n) is 15.0. The lowest BCUT2D eigenvalue weighted by Gasteiger charge is -2.20. The fourth-order valence-electron chi connectivity index (χ4n) is 2.24. The first-order valence-corrected chi connectivity index (χ1v) is 8.97. The fourth-order valence-corrected chi connectivity index (χ4v) is 2.55. The second-order valence-electron chi connectivity index (χ2n) is 5.47. The molecule has 0 aliphatic heterocycles. The minimum atomic E-state index is -0.508. The van der Waals surface area contributed by atoms with Gasteiger partial charge in [0.25, 0.3) is 5.91 Å². The van der Waals surface area contributed by atoms with Gasteiger partial charge in [0.1, 0.15) is 5.75 Å². The predicted octanol–water partition coefficient (Wildman–Crippen LogP) is 2.27. The molecular formula is C18H20BrN3O5. The van der Waals surface area contributed by atoms with Gasteiger partial charge in [0.15, 0.2) is 10.4 Å². The van der Waals surface area contributed by atoms with Gasteiger partial charge in [-0.2, -0.15) is 0 Å². The van der Waals surface area contributed by atoms with E-state index in [1.165, 1.54) is 18.1 Å². The lowest BCUT2D eigenvalue weighted by molar-refractivity contribution is -0.133. The summed E-state index contributed by atoms with van der Waals surface area (Å²) in [6, 6.07) is 9.98. The number of carbonyl (C=O) groups is 3. The third-order valence-electron chi connectivity index (χ3n) is 3.62. The summed E-state index contributed by atoms with van der Waals surface area (Å²) in [6.45, 7) is 1.71. The van der Waals surface area contributed by atoms with E-state index in [1.54, 1.807) is 37.3 Å². The van der Waals surface area contributed by atoms with Crippen LogP contribution in [0.4, 0.5) is 5.69 Å². The summed E-state index contributed by atoms with van der Waals surface area (Å²) in [5, 5.41) is 5.18. The van der Waals surface area contributed by atoms with E-state index in [9.17, 15) is 14.4 Å². The average Bonchev–Trinajstić information content (AvgIpc) is 3.10. The standard InChI is InChI=1S/C18H20BrN3O5/c1-3-22(11-16(23)21-12-5-4-6-13(9-12)26-2)17(24)10-20-18(25)14-7-8-15(19)27-14/h4-9H,3,10-11H2,1-2H3,(H,20,25)(H,21,23). The van der Waals surface area contributed by atoms with Crippen LogP contribution in [-0.2, 0) is 9.59 Å². The van der Waals surface area contributed by atoms with E-state index in [2.05, 4.69) is 26.6 Å². The number of nitrogens with one attached hydrogen (secondary N) is 2. The average molecular weight is 438 g/mol. The van der Waals surface area contributed by atoms with Crippen molar-refractivity contribution in [2.45, 2.75) is 6.92 Å². The maximum Gasteiger partial charge on any atom is 0.287 e. The molecule has 1 heterocycles. The molecule has 0 spiro atoms. The van der Waals surface area contributed by atoms with Gasteiger partial charge in [0, 0.05) is 18.3 Å². The molecule has 0 unspecified atom stereocenters. The summed E-state index contributed by atoms with van der Waals surface area (Å²) in [4.78, 5) is 37.7. The van der Waals surface area contributed by atoms with Crippen molar-refractivity contribution in [3.63, 3.8) is 0 Å². The predicted molar refractivity (Wildman–Crippen MR) is 103 cm³/mol. The summed E-state index contributed by atoms with van der Waals surface area (Å²) in [5.41, 5.74) is 0.569. The van der Waals surface area contributed by atoms with Crippen molar-refractivity contribution in [1.29, 1.82) is 0 Å². The highest BCUT2D eigenvalue weighted by molar-refractivity contribution is 9.10. The largest absolute Gasteiger partial charge is 0.497 e. The summed E-state index contributed by atoms with van der Waals surface area (Å²) in [6.07, 6.45) is 0. The van der Waals surface area contributed by atoms with E-state index in [1.807, 2.05) is 0 Å². The molecule has 8 nitrogen and oxygen atoms in total. The van der Waals surface area contributed by atoms with Gasteiger partial charge >= 0.3 is 0 Å². The normalized spacial score (nSPS) is 10.2. The maximum atomic E-state index is 12.3. The SMILES string of the molecule is CCN(CC(=O)Nc1cccc(OC)c1)C(=O)CNC(=O)c1ccc(Br)o1. The second kappa shape index (κ2) is 9.77. The molecule has 2 rings (SSSR count). The molecule has 9 heteroatoms. The molecule has 0 aliphatic rings. The summed E-state index contributed by atoms with van der Waals surface area (Å²) >= 11 is 3.10. The van der Waals surface area contributed by atoms with Crippen LogP contribution in [0, 0.1) is 0 Å². The van der Waals surface area contributed by atoms with Gasteiger partial charge in [0.05, 0.1) is 20.2 Å². The molecular weight excluding hydrogens is 418 g/mol. The van der Waals surface area contributed by atoms with Crippen molar-refractivity contribution in [3.05, 3.63) is 46.8 Å². The van der Waals surface area contributed by atoms with Crippen LogP contribution in [0.25, 0.3) is 0 Å². The third-order valence-corrected chi connectivity index (χ3v) is 4.05. The number of hydrogen-bond acceptors (Lipinski definition) is 5. The van der Waals surface area contributed by atoms with E-state index in [4.69, 9.17) is 9.15 Å². The number of amides is 3. The van der Waals surface area contributed by atoms with Gasteiger partial charge in [-0.15, -0.1) is 0 Å². The Bertz CT molecular complexity index is 821. The number of rotatable bonds is 8. The third kappa shape index (κ3) is 6.14. The monoisotopic (exact) mass is 437 g/mol. The highest BCUT2D eigenvalue weighted by atomic mass is 79.9. The van der Waals surface area contributed by atoms with E-state index in [0.717, 1.165) is 0 Å². The fraction of sp³-hybridized carbons (Fsp3) is 0.278. The lowest BCUT2D eigenvalue weighted by atomic mass is 10.3. The maximum absolute atomic E-state index is 12.3. The van der Waals surface area contributed by atoms with Gasteiger partial charge in [-0.25, -0.2) is 0 Å². The van der Waals surface area contributed by atoms with Crippen molar-refractivity contribution in [2.75, 3.05) is 32.1 Å². The van der Waals surface area contributed by atoms with Crippen molar-refractivity contribution in [2.24, 2.45) is 0 Å². The van der Waals surface area contributed by atoms with E-state index < -0.39 is 5.91 Å². The zero-order chi connectivity index (χ0) is 19.8. The molecule has 0 saturated carbocycles. The Morgan fingerprint density at radius 3 is 2.63 bits per heavy atom. The highest BCUT2D eigenvalue weighted by Gasteiger charge is 2.18. The number of furan rings is 1. The molecule has 0 bridgehead atoms. The van der Waals surface area contributed by atoms with E-state index in [-0.39, 0.29) is 30.7 Å². The Morgan fingerprint density at radius 1 is 1.22 bits per heavy atom. The molecule has 0 aliphatic carbocycles. The Labute approximate surface area is 165 Å². The summed E-state index contributed by atoms with van der Waals surface area (Å²) < 4.78 is 10.6. The van der Waals surface area contributed by atoms with Crippen LogP contribution in [0.15, 0.2) is 45.5 Å². The van der Waals surface area contributed by atoms with Crippen LogP contribution in [-0.4, -0.2) is 49.4 Å². The Hall–Kier alpha value is -2.81. The van der Waals surface area contributed by atoms with Crippen molar-refractivity contribution in [1.82, 2.24) is 10.2 Å². The molecule has 27 heavy (non-hydrogen) atoms. The molecule has 1 aromatic heterocycles. The molecule has 0 atom stereocenters. The quantitative estimate of drug-likeness (QED) is 0.659. The number of halogens is 1. The second-order valence-corrected chi connectivity index (χ2v) is 6.26. The van der Waals surface area contributed by atoms with Gasteiger partial charge < -0.3 is 24.7 Å². The summed E-state index contributed by atoms with van der Waals surface area (Å²) in [5.74, 6) is -0.528. The van der Waals surface area contributed by atoms with Crippen molar-refractivity contribution < 1.29 is 23.5 Å². The Kier molecular flexibility index (Phi) is 7.42. The van der Waals surface area contributed by atoms with Crippen LogP contribution in [0.1, 0.15) is 17.5 Å². The van der Waals surface area contributed by atoms with E-state index in [0.29, 0.717) is 22.7 Å². The first-order chi connectivity index (χ1) is 12.9. The number of ether oxygens (including phenoxy) is 1. The topological polar surface area (TPSA) is 101 Å². The lowest BCUT2D eigenvalue weighted by Crippen LogP contribution is -2.43. The van der Waals surface area contributed by atoms with Crippen LogP contribution in [0.5, 0.6) is 5.75 Å². The van der Waals surface area contributed by atoms with Crippen LogP contribution < -0.4 is 15.4 Å². The minimum absolute atomic E-state index is 0.0912. The van der Waals surface area contributed by atoms with Gasteiger partial charge in [-0.3, -0.25) is 14.4 Å². The van der Waals surface area contributed by atoms with Crippen LogP contribution >= 0.6 is 15.9 Å². The Morgan fingerprint density at radius 2 is 2.00 bits per heavy atom. The molecule has 144 valence electrons. The van der Waals surface area contributed by atoms with Crippen LogP contribution in [0.2, 0.25) is 0 Å². The van der Waals surface area contributed by atoms with Gasteiger partial charge in [0.2, 0.25) is 11.8 Å². The Balaban J connectivity index is 1.86. The number of carbonyl (C=O) groups excluding carboxylic acids is 3. The minimum Gasteiger partial charge on any atom is -0.497 e. The summed E-state index contributed by atoms with van der Waals surface area (Å²) in [7, 11) is 1.54.